The number of aromatic hydroxyl groups is 1. The van der Waals surface area contributed by atoms with Crippen LogP contribution in [0.25, 0.3) is 0 Å². The second-order valence-electron chi connectivity index (χ2n) is 6.56. The monoisotopic (exact) mass is 307 g/mol. The summed E-state index contributed by atoms with van der Waals surface area (Å²) in [6, 6.07) is 3.14. The van der Waals surface area contributed by atoms with Crippen molar-refractivity contribution >= 4 is 12.1 Å². The number of ether oxygens (including phenoxy) is 1. The Morgan fingerprint density at radius 1 is 1.32 bits per heavy atom. The molecule has 1 unspecified atom stereocenters. The number of phenolic OH excluding ortho intramolecular Hbond substituents is 1. The maximum absolute atomic E-state index is 12.4. The lowest BCUT2D eigenvalue weighted by atomic mass is 9.88. The van der Waals surface area contributed by atoms with Crippen molar-refractivity contribution in [2.24, 2.45) is 0 Å². The number of nitrogens with zero attached hydrogens (tertiary/aromatic N) is 1. The number of phenols is 1. The second kappa shape index (κ2) is 5.51. The van der Waals surface area contributed by atoms with Crippen molar-refractivity contribution in [2.45, 2.75) is 51.8 Å². The van der Waals surface area contributed by atoms with E-state index in [2.05, 4.69) is 0 Å². The number of carboxylic acids is 1. The number of carbonyl (C=O) groups is 2. The van der Waals surface area contributed by atoms with E-state index in [9.17, 15) is 19.8 Å². The van der Waals surface area contributed by atoms with Gasteiger partial charge in [0, 0.05) is 6.04 Å². The minimum Gasteiger partial charge on any atom is -0.508 e. The normalized spacial score (nSPS) is 21.2. The van der Waals surface area contributed by atoms with E-state index < -0.39 is 23.7 Å². The van der Waals surface area contributed by atoms with Crippen LogP contribution in [0.3, 0.4) is 0 Å². The minimum atomic E-state index is -1.17. The largest absolute Gasteiger partial charge is 0.508 e. The number of benzene rings is 1. The van der Waals surface area contributed by atoms with Gasteiger partial charge in [0.2, 0.25) is 0 Å². The van der Waals surface area contributed by atoms with Crippen molar-refractivity contribution in [3.05, 3.63) is 29.3 Å². The summed E-state index contributed by atoms with van der Waals surface area (Å²) in [5.74, 6) is -1.17. The van der Waals surface area contributed by atoms with Gasteiger partial charge in [0.25, 0.3) is 0 Å². The van der Waals surface area contributed by atoms with Gasteiger partial charge in [-0.15, -0.1) is 0 Å². The number of amides is 1. The molecule has 6 heteroatoms. The van der Waals surface area contributed by atoms with Crippen LogP contribution in [0.2, 0.25) is 0 Å². The SMILES string of the molecule is C[C@H]1Cc2ccc(O)cc2C(C(=O)O)N1C(=O)OC(C)(C)C. The summed E-state index contributed by atoms with van der Waals surface area (Å²) < 4.78 is 5.33. The molecule has 1 amide bonds. The van der Waals surface area contributed by atoms with Crippen LogP contribution in [0, 0.1) is 0 Å². The van der Waals surface area contributed by atoms with Gasteiger partial charge in [-0.3, -0.25) is 4.90 Å². The summed E-state index contributed by atoms with van der Waals surface area (Å²) in [4.78, 5) is 25.4. The van der Waals surface area contributed by atoms with Gasteiger partial charge in [0.05, 0.1) is 0 Å². The predicted molar refractivity (Wildman–Crippen MR) is 79.7 cm³/mol. The molecule has 1 aliphatic heterocycles. The molecule has 0 fully saturated rings. The Kier molecular flexibility index (Phi) is 4.04. The smallest absolute Gasteiger partial charge is 0.411 e. The maximum Gasteiger partial charge on any atom is 0.411 e. The standard InChI is InChI=1S/C16H21NO5/c1-9-7-10-5-6-11(18)8-12(10)13(14(19)20)17(9)15(21)22-16(2,3)4/h5-6,8-9,13,18H,7H2,1-4H3,(H,19,20)/t9-,13?/m0/s1. The molecule has 1 heterocycles. The lowest BCUT2D eigenvalue weighted by molar-refractivity contribution is -0.144. The highest BCUT2D eigenvalue weighted by Gasteiger charge is 2.41. The van der Waals surface area contributed by atoms with Gasteiger partial charge in [-0.1, -0.05) is 6.07 Å². The summed E-state index contributed by atoms with van der Waals surface area (Å²) in [6.45, 7) is 6.98. The van der Waals surface area contributed by atoms with Crippen molar-refractivity contribution in [1.82, 2.24) is 4.90 Å². The molecule has 0 bridgehead atoms. The fraction of sp³-hybridized carbons (Fsp3) is 0.500. The molecule has 0 aromatic heterocycles. The van der Waals surface area contributed by atoms with Crippen molar-refractivity contribution < 1.29 is 24.5 Å². The van der Waals surface area contributed by atoms with Gasteiger partial charge in [-0.25, -0.2) is 9.59 Å². The van der Waals surface area contributed by atoms with Crippen molar-refractivity contribution in [3.63, 3.8) is 0 Å². The summed E-state index contributed by atoms with van der Waals surface area (Å²) in [5.41, 5.74) is 0.535. The Balaban J connectivity index is 2.45. The molecule has 1 aliphatic rings. The minimum absolute atomic E-state index is 0.0244. The van der Waals surface area contributed by atoms with Gasteiger partial charge in [0.1, 0.15) is 11.4 Å². The van der Waals surface area contributed by atoms with Crippen LogP contribution in [-0.2, 0) is 16.0 Å². The lowest BCUT2D eigenvalue weighted by Crippen LogP contribution is -2.50. The highest BCUT2D eigenvalue weighted by molar-refractivity contribution is 5.83. The first-order valence-electron chi connectivity index (χ1n) is 7.16. The molecule has 0 spiro atoms. The van der Waals surface area contributed by atoms with Crippen LogP contribution in [0.4, 0.5) is 4.79 Å². The zero-order chi connectivity index (χ0) is 16.7. The van der Waals surface area contributed by atoms with Gasteiger partial charge < -0.3 is 14.9 Å². The number of carbonyl (C=O) groups excluding carboxylic acids is 1. The second-order valence-corrected chi connectivity index (χ2v) is 6.56. The highest BCUT2D eigenvalue weighted by Crippen LogP contribution is 2.36. The van der Waals surface area contributed by atoms with E-state index in [1.807, 2.05) is 0 Å². The molecule has 120 valence electrons. The van der Waals surface area contributed by atoms with E-state index in [0.717, 1.165) is 5.56 Å². The van der Waals surface area contributed by atoms with E-state index >= 15 is 0 Å². The fourth-order valence-electron chi connectivity index (χ4n) is 2.70. The molecule has 2 rings (SSSR count). The average Bonchev–Trinajstić information content (AvgIpc) is 2.35. The Hall–Kier alpha value is -2.24. The van der Waals surface area contributed by atoms with Gasteiger partial charge in [-0.05, 0) is 57.4 Å². The number of carboxylic acid groups (broad SMARTS) is 1. The molecular weight excluding hydrogens is 286 g/mol. The number of hydrogen-bond acceptors (Lipinski definition) is 4. The van der Waals surface area contributed by atoms with Crippen LogP contribution < -0.4 is 0 Å². The zero-order valence-corrected chi connectivity index (χ0v) is 13.2. The molecule has 1 aromatic carbocycles. The first-order valence-corrected chi connectivity index (χ1v) is 7.16. The van der Waals surface area contributed by atoms with Gasteiger partial charge in [0.15, 0.2) is 6.04 Å². The number of aliphatic carboxylic acids is 1. The first-order chi connectivity index (χ1) is 10.1. The van der Waals surface area contributed by atoms with Crippen LogP contribution in [0.1, 0.15) is 44.9 Å². The number of rotatable bonds is 1. The van der Waals surface area contributed by atoms with E-state index in [4.69, 9.17) is 4.74 Å². The van der Waals surface area contributed by atoms with Crippen LogP contribution in [-0.4, -0.2) is 38.8 Å². The molecular formula is C16H21NO5. The summed E-state index contributed by atoms with van der Waals surface area (Å²) in [6.07, 6.45) is -0.153. The Morgan fingerprint density at radius 2 is 1.95 bits per heavy atom. The lowest BCUT2D eigenvalue weighted by Gasteiger charge is -2.40. The Bertz CT molecular complexity index is 605. The summed E-state index contributed by atoms with van der Waals surface area (Å²) in [7, 11) is 0. The highest BCUT2D eigenvalue weighted by atomic mass is 16.6. The van der Waals surface area contributed by atoms with E-state index in [0.29, 0.717) is 12.0 Å². The molecule has 22 heavy (non-hydrogen) atoms. The quantitative estimate of drug-likeness (QED) is 0.833. The van der Waals surface area contributed by atoms with Crippen LogP contribution in [0.5, 0.6) is 5.75 Å². The first kappa shape index (κ1) is 16.1. The molecule has 6 nitrogen and oxygen atoms in total. The predicted octanol–water partition coefficient (Wildman–Crippen LogP) is 2.70. The summed E-state index contributed by atoms with van der Waals surface area (Å²) >= 11 is 0. The third-order valence-corrected chi connectivity index (χ3v) is 3.53. The third-order valence-electron chi connectivity index (χ3n) is 3.53. The zero-order valence-electron chi connectivity index (χ0n) is 13.2. The van der Waals surface area contributed by atoms with E-state index in [1.54, 1.807) is 33.8 Å². The molecule has 0 saturated heterocycles. The fourth-order valence-corrected chi connectivity index (χ4v) is 2.70. The Labute approximate surface area is 129 Å². The summed E-state index contributed by atoms with van der Waals surface area (Å²) in [5, 5.41) is 19.2. The average molecular weight is 307 g/mol. The van der Waals surface area contributed by atoms with Gasteiger partial charge >= 0.3 is 12.1 Å². The van der Waals surface area contributed by atoms with Crippen LogP contribution in [0.15, 0.2) is 18.2 Å². The molecule has 2 N–H and O–H groups in total. The van der Waals surface area contributed by atoms with Gasteiger partial charge in [-0.2, -0.15) is 0 Å². The van der Waals surface area contributed by atoms with E-state index in [-0.39, 0.29) is 11.8 Å². The van der Waals surface area contributed by atoms with E-state index in [1.165, 1.54) is 17.0 Å². The molecule has 0 aliphatic carbocycles. The van der Waals surface area contributed by atoms with Crippen molar-refractivity contribution in [1.29, 1.82) is 0 Å². The third kappa shape index (κ3) is 3.16. The number of hydrogen-bond donors (Lipinski definition) is 2. The number of fused-ring (bicyclic) bond motifs is 1. The Morgan fingerprint density at radius 3 is 2.50 bits per heavy atom. The molecule has 0 saturated carbocycles. The van der Waals surface area contributed by atoms with Crippen molar-refractivity contribution in [2.75, 3.05) is 0 Å². The maximum atomic E-state index is 12.4. The molecule has 1 aromatic rings. The molecule has 0 radical (unpaired) electrons. The van der Waals surface area contributed by atoms with Crippen LogP contribution >= 0.6 is 0 Å². The van der Waals surface area contributed by atoms with Crippen molar-refractivity contribution in [3.8, 4) is 5.75 Å². The topological polar surface area (TPSA) is 87.1 Å². The molecule has 2 atom stereocenters.